The van der Waals surface area contributed by atoms with Crippen molar-refractivity contribution in [1.82, 2.24) is 0 Å². The molecule has 2 unspecified atom stereocenters. The highest BCUT2D eigenvalue weighted by atomic mass is 16.1. The molecule has 2 nitrogen and oxygen atoms in total. The fraction of sp³-hybridized carbons (Fsp3) is 0.900. The van der Waals surface area contributed by atoms with Gasteiger partial charge in [-0.15, -0.1) is 0 Å². The molecule has 2 N–H and O–H groups in total. The van der Waals surface area contributed by atoms with Crippen LogP contribution in [-0.4, -0.2) is 5.91 Å². The monoisotopic (exact) mass is 441 g/mol. The van der Waals surface area contributed by atoms with Gasteiger partial charge in [0.1, 0.15) is 0 Å². The lowest BCUT2D eigenvalue weighted by Gasteiger charge is -2.59. The van der Waals surface area contributed by atoms with Crippen LogP contribution in [-0.2, 0) is 4.79 Å². The summed E-state index contributed by atoms with van der Waals surface area (Å²) in [6.45, 7) is 14.8. The number of rotatable bonds is 7. The van der Waals surface area contributed by atoms with Gasteiger partial charge in [0.25, 0.3) is 0 Å². The molecule has 0 aromatic heterocycles. The lowest BCUT2D eigenvalue weighted by atomic mass is 9.45. The number of fused-ring (bicyclic) bond motifs is 5. The maximum atomic E-state index is 12.2. The van der Waals surface area contributed by atoms with E-state index in [9.17, 15) is 4.79 Å². The normalized spacial score (nSPS) is 44.4. The summed E-state index contributed by atoms with van der Waals surface area (Å²) >= 11 is 0. The first kappa shape index (κ1) is 24.3. The molecular formula is C30H51NO. The zero-order chi connectivity index (χ0) is 23.3. The quantitative estimate of drug-likeness (QED) is 0.403. The lowest BCUT2D eigenvalue weighted by molar-refractivity contribution is -0.126. The van der Waals surface area contributed by atoms with Gasteiger partial charge in [0.05, 0.1) is 0 Å². The summed E-state index contributed by atoms with van der Waals surface area (Å²) in [4.78, 5) is 12.2. The predicted octanol–water partition coefficient (Wildman–Crippen LogP) is 7.77. The van der Waals surface area contributed by atoms with Gasteiger partial charge in [-0.25, -0.2) is 0 Å². The van der Waals surface area contributed by atoms with E-state index in [1.54, 1.807) is 5.57 Å². The van der Waals surface area contributed by atoms with Gasteiger partial charge < -0.3 is 5.73 Å². The third-order valence-corrected chi connectivity index (χ3v) is 11.4. The minimum atomic E-state index is -0.0665. The lowest BCUT2D eigenvalue weighted by Crippen LogP contribution is -2.52. The number of nitrogens with two attached hydrogens (primary N) is 1. The van der Waals surface area contributed by atoms with E-state index in [4.69, 9.17) is 5.73 Å². The van der Waals surface area contributed by atoms with Gasteiger partial charge in [-0.3, -0.25) is 4.79 Å². The van der Waals surface area contributed by atoms with Crippen molar-refractivity contribution in [2.75, 3.05) is 0 Å². The molecule has 0 spiro atoms. The highest BCUT2D eigenvalue weighted by molar-refractivity contribution is 5.77. The van der Waals surface area contributed by atoms with Gasteiger partial charge in [0.2, 0.25) is 5.91 Å². The van der Waals surface area contributed by atoms with E-state index in [-0.39, 0.29) is 11.8 Å². The number of hydrogen-bond donors (Lipinski definition) is 1. The SMILES string of the molecule is CCC1C[C@@]2(C)C(=CC[C@H]3[C@@H]4CC[C@H]([C@H](C)CCCC(C)C)[C@@]4(C)CC[C@@H]32)CC1C(N)=O. The summed E-state index contributed by atoms with van der Waals surface area (Å²) in [5.41, 5.74) is 8.29. The summed E-state index contributed by atoms with van der Waals surface area (Å²) in [5.74, 6) is 5.69. The summed E-state index contributed by atoms with van der Waals surface area (Å²) < 4.78 is 0. The number of carbonyl (C=O) groups is 1. The summed E-state index contributed by atoms with van der Waals surface area (Å²) in [6.07, 6.45) is 17.0. The fourth-order valence-electron chi connectivity index (χ4n) is 9.63. The van der Waals surface area contributed by atoms with Crippen molar-refractivity contribution in [3.05, 3.63) is 11.6 Å². The Bertz CT molecular complexity index is 724. The van der Waals surface area contributed by atoms with Gasteiger partial charge in [-0.1, -0.05) is 78.9 Å². The molecule has 2 heteroatoms. The Morgan fingerprint density at radius 3 is 2.53 bits per heavy atom. The molecule has 4 rings (SSSR count). The van der Waals surface area contributed by atoms with Crippen molar-refractivity contribution in [2.24, 2.45) is 63.9 Å². The minimum absolute atomic E-state index is 0.0623. The predicted molar refractivity (Wildman–Crippen MR) is 135 cm³/mol. The van der Waals surface area contributed by atoms with Crippen LogP contribution in [0.15, 0.2) is 11.6 Å². The molecule has 9 atom stereocenters. The van der Waals surface area contributed by atoms with Crippen molar-refractivity contribution < 1.29 is 4.79 Å². The molecule has 182 valence electrons. The van der Waals surface area contributed by atoms with Crippen LogP contribution in [0.3, 0.4) is 0 Å². The molecule has 0 radical (unpaired) electrons. The highest BCUT2D eigenvalue weighted by Crippen LogP contribution is 2.68. The van der Waals surface area contributed by atoms with Crippen LogP contribution in [0, 0.1) is 58.2 Å². The number of carbonyl (C=O) groups excluding carboxylic acids is 1. The molecule has 1 amide bonds. The van der Waals surface area contributed by atoms with E-state index in [0.717, 1.165) is 48.3 Å². The molecule has 3 fully saturated rings. The maximum Gasteiger partial charge on any atom is 0.221 e. The second kappa shape index (κ2) is 9.10. The van der Waals surface area contributed by atoms with Gasteiger partial charge >= 0.3 is 0 Å². The van der Waals surface area contributed by atoms with Crippen LogP contribution >= 0.6 is 0 Å². The average Bonchev–Trinajstić information content (AvgIpc) is 3.09. The molecule has 32 heavy (non-hydrogen) atoms. The Morgan fingerprint density at radius 2 is 1.88 bits per heavy atom. The molecule has 3 saturated carbocycles. The summed E-state index contributed by atoms with van der Waals surface area (Å²) in [6, 6.07) is 0. The fourth-order valence-corrected chi connectivity index (χ4v) is 9.63. The Labute approximate surface area is 198 Å². The van der Waals surface area contributed by atoms with Gasteiger partial charge in [-0.05, 0) is 97.2 Å². The maximum absolute atomic E-state index is 12.2. The van der Waals surface area contributed by atoms with Crippen LogP contribution in [0.4, 0.5) is 0 Å². The largest absolute Gasteiger partial charge is 0.369 e. The topological polar surface area (TPSA) is 43.1 Å². The standard InChI is InChI=1S/C30H51NO/c1-7-21-18-30(6)22(17-24(21)28(31)32)11-12-23-26-14-13-25(20(4)10-8-9-19(2)3)29(26,5)16-15-27(23)30/h11,19-21,23-27H,7-10,12-18H2,1-6H3,(H2,31,32)/t20-,21?,23+,24?,25-,26+,27+,29-,30+/m1/s1. The molecule has 0 heterocycles. The van der Waals surface area contributed by atoms with Crippen LogP contribution in [0.1, 0.15) is 112 Å². The molecule has 0 bridgehead atoms. The minimum Gasteiger partial charge on any atom is -0.369 e. The first-order valence-corrected chi connectivity index (χ1v) is 14.1. The van der Waals surface area contributed by atoms with E-state index in [1.165, 1.54) is 57.8 Å². The van der Waals surface area contributed by atoms with E-state index in [2.05, 4.69) is 47.6 Å². The van der Waals surface area contributed by atoms with Crippen molar-refractivity contribution in [1.29, 1.82) is 0 Å². The number of amides is 1. The van der Waals surface area contributed by atoms with Crippen LogP contribution < -0.4 is 5.73 Å². The molecule has 0 aromatic rings. The van der Waals surface area contributed by atoms with Gasteiger partial charge in [-0.2, -0.15) is 0 Å². The van der Waals surface area contributed by atoms with Gasteiger partial charge in [0.15, 0.2) is 0 Å². The average molecular weight is 442 g/mol. The third kappa shape index (κ3) is 4.00. The number of primary amides is 1. The van der Waals surface area contributed by atoms with Crippen molar-refractivity contribution in [3.63, 3.8) is 0 Å². The number of allylic oxidation sites excluding steroid dienone is 2. The van der Waals surface area contributed by atoms with Crippen LogP contribution in [0.5, 0.6) is 0 Å². The molecule has 0 saturated heterocycles. The first-order valence-electron chi connectivity index (χ1n) is 14.1. The Hall–Kier alpha value is -0.790. The number of hydrogen-bond acceptors (Lipinski definition) is 1. The van der Waals surface area contributed by atoms with E-state index >= 15 is 0 Å². The van der Waals surface area contributed by atoms with Crippen molar-refractivity contribution >= 4 is 5.91 Å². The third-order valence-electron chi connectivity index (χ3n) is 11.4. The zero-order valence-electron chi connectivity index (χ0n) is 22.0. The van der Waals surface area contributed by atoms with Gasteiger partial charge in [0, 0.05) is 5.92 Å². The molecule has 4 aliphatic rings. The second-order valence-corrected chi connectivity index (χ2v) is 13.4. The highest BCUT2D eigenvalue weighted by Gasteiger charge is 2.60. The van der Waals surface area contributed by atoms with Crippen molar-refractivity contribution in [2.45, 2.75) is 112 Å². The van der Waals surface area contributed by atoms with Crippen LogP contribution in [0.25, 0.3) is 0 Å². The smallest absolute Gasteiger partial charge is 0.221 e. The Morgan fingerprint density at radius 1 is 1.12 bits per heavy atom. The molecule has 0 aromatic carbocycles. The Kier molecular flexibility index (Phi) is 6.92. The summed E-state index contributed by atoms with van der Waals surface area (Å²) in [5, 5.41) is 0. The summed E-state index contributed by atoms with van der Waals surface area (Å²) in [7, 11) is 0. The van der Waals surface area contributed by atoms with E-state index in [1.807, 2.05) is 0 Å². The zero-order valence-corrected chi connectivity index (χ0v) is 22.0. The van der Waals surface area contributed by atoms with E-state index in [0.29, 0.717) is 16.7 Å². The molecule has 0 aliphatic heterocycles. The first-order chi connectivity index (χ1) is 15.1. The Balaban J connectivity index is 1.52. The van der Waals surface area contributed by atoms with E-state index < -0.39 is 0 Å². The molecular weight excluding hydrogens is 390 g/mol. The van der Waals surface area contributed by atoms with Crippen molar-refractivity contribution in [3.8, 4) is 0 Å². The second-order valence-electron chi connectivity index (χ2n) is 13.4. The molecule has 4 aliphatic carbocycles. The van der Waals surface area contributed by atoms with Crippen LogP contribution in [0.2, 0.25) is 0 Å².